The third-order valence-electron chi connectivity index (χ3n) is 3.60. The predicted molar refractivity (Wildman–Crippen MR) is 91.6 cm³/mol. The highest BCUT2D eigenvalue weighted by Crippen LogP contribution is 2.28. The van der Waals surface area contributed by atoms with Gasteiger partial charge in [-0.15, -0.1) is 0 Å². The van der Waals surface area contributed by atoms with Gasteiger partial charge >= 0.3 is 6.61 Å². The quantitative estimate of drug-likeness (QED) is 0.679. The van der Waals surface area contributed by atoms with Crippen molar-refractivity contribution in [2.45, 2.75) is 6.61 Å². The fraction of sp³-hybridized carbons (Fsp3) is 0.111. The van der Waals surface area contributed by atoms with Crippen LogP contribution >= 0.6 is 0 Å². The Kier molecular flexibility index (Phi) is 5.30. The molecule has 0 fully saturated rings. The molecule has 0 aliphatic rings. The van der Waals surface area contributed by atoms with E-state index in [-0.39, 0.29) is 11.4 Å². The topological polar surface area (TPSA) is 76.2 Å². The molecule has 3 aromatic rings. The summed E-state index contributed by atoms with van der Waals surface area (Å²) < 4.78 is 47.5. The summed E-state index contributed by atoms with van der Waals surface area (Å²) in [5.41, 5.74) is 1.19. The molecule has 0 aliphatic heterocycles. The molecule has 0 unspecified atom stereocenters. The molecule has 3 rings (SSSR count). The number of H-pyrrole nitrogens is 1. The van der Waals surface area contributed by atoms with Crippen LogP contribution in [0.5, 0.6) is 11.5 Å². The fourth-order valence-corrected chi connectivity index (χ4v) is 2.35. The van der Waals surface area contributed by atoms with Gasteiger partial charge < -0.3 is 14.8 Å². The van der Waals surface area contributed by atoms with E-state index < -0.39 is 24.1 Å². The van der Waals surface area contributed by atoms with Crippen molar-refractivity contribution in [2.75, 3.05) is 12.4 Å². The van der Waals surface area contributed by atoms with Crippen molar-refractivity contribution in [1.29, 1.82) is 0 Å². The Balaban J connectivity index is 1.81. The number of nitrogens with zero attached hydrogens (tertiary/aromatic N) is 1. The Morgan fingerprint density at radius 2 is 2.00 bits per heavy atom. The smallest absolute Gasteiger partial charge is 0.387 e. The lowest BCUT2D eigenvalue weighted by Gasteiger charge is -2.11. The summed E-state index contributed by atoms with van der Waals surface area (Å²) in [7, 11) is 1.53. The summed E-state index contributed by atoms with van der Waals surface area (Å²) in [6.45, 7) is -3.16. The Labute approximate surface area is 151 Å². The van der Waals surface area contributed by atoms with Gasteiger partial charge in [-0.2, -0.15) is 13.9 Å². The van der Waals surface area contributed by atoms with E-state index in [2.05, 4.69) is 20.3 Å². The van der Waals surface area contributed by atoms with Crippen LogP contribution in [-0.2, 0) is 0 Å². The van der Waals surface area contributed by atoms with Gasteiger partial charge in [0.1, 0.15) is 17.3 Å². The van der Waals surface area contributed by atoms with Crippen LogP contribution in [0.2, 0.25) is 0 Å². The maximum atomic E-state index is 13.2. The zero-order chi connectivity index (χ0) is 19.4. The van der Waals surface area contributed by atoms with Crippen molar-refractivity contribution >= 4 is 11.6 Å². The Morgan fingerprint density at radius 1 is 1.19 bits per heavy atom. The first-order chi connectivity index (χ1) is 13.0. The van der Waals surface area contributed by atoms with Crippen molar-refractivity contribution in [1.82, 2.24) is 10.2 Å². The first-order valence-corrected chi connectivity index (χ1v) is 7.72. The van der Waals surface area contributed by atoms with Gasteiger partial charge in [0.25, 0.3) is 5.91 Å². The number of hydrogen-bond acceptors (Lipinski definition) is 4. The Hall–Kier alpha value is -3.49. The fourth-order valence-electron chi connectivity index (χ4n) is 2.35. The molecule has 1 aromatic heterocycles. The summed E-state index contributed by atoms with van der Waals surface area (Å²) in [5.74, 6) is -1.28. The zero-order valence-corrected chi connectivity index (χ0v) is 14.0. The van der Waals surface area contributed by atoms with Gasteiger partial charge in [-0.05, 0) is 30.3 Å². The average Bonchev–Trinajstić information content (AvgIpc) is 3.14. The Morgan fingerprint density at radius 3 is 2.74 bits per heavy atom. The number of nitrogens with one attached hydrogen (secondary N) is 2. The monoisotopic (exact) mass is 377 g/mol. The molecule has 140 valence electrons. The minimum absolute atomic E-state index is 0.0835. The van der Waals surface area contributed by atoms with Crippen molar-refractivity contribution in [3.05, 3.63) is 60.0 Å². The molecule has 1 amide bonds. The second-order valence-electron chi connectivity index (χ2n) is 5.37. The third-order valence-corrected chi connectivity index (χ3v) is 3.60. The van der Waals surface area contributed by atoms with Crippen molar-refractivity contribution in [2.24, 2.45) is 0 Å². The molecule has 9 heteroatoms. The molecule has 0 spiro atoms. The minimum atomic E-state index is -3.16. The van der Waals surface area contributed by atoms with Gasteiger partial charge in [0.2, 0.25) is 0 Å². The van der Waals surface area contributed by atoms with E-state index in [0.29, 0.717) is 17.0 Å². The van der Waals surface area contributed by atoms with Crippen LogP contribution in [0.15, 0.2) is 48.5 Å². The van der Waals surface area contributed by atoms with E-state index in [1.165, 1.54) is 13.2 Å². The summed E-state index contributed by atoms with van der Waals surface area (Å²) in [6, 6.07) is 11.5. The van der Waals surface area contributed by atoms with E-state index in [0.717, 1.165) is 18.2 Å². The van der Waals surface area contributed by atoms with E-state index in [1.807, 2.05) is 0 Å². The highest BCUT2D eigenvalue weighted by molar-refractivity contribution is 6.04. The molecule has 27 heavy (non-hydrogen) atoms. The second kappa shape index (κ2) is 7.81. The molecule has 2 aromatic carbocycles. The highest BCUT2D eigenvalue weighted by atomic mass is 19.3. The lowest BCUT2D eigenvalue weighted by Crippen LogP contribution is -2.14. The molecule has 0 saturated heterocycles. The number of rotatable bonds is 6. The second-order valence-corrected chi connectivity index (χ2v) is 5.37. The van der Waals surface area contributed by atoms with Gasteiger partial charge in [-0.1, -0.05) is 12.1 Å². The van der Waals surface area contributed by atoms with Crippen LogP contribution in [-0.4, -0.2) is 29.8 Å². The van der Waals surface area contributed by atoms with Crippen molar-refractivity contribution < 1.29 is 27.4 Å². The summed E-state index contributed by atoms with van der Waals surface area (Å²) in [6.07, 6.45) is 0. The van der Waals surface area contributed by atoms with Crippen molar-refractivity contribution in [3.63, 3.8) is 0 Å². The number of benzene rings is 2. The lowest BCUT2D eigenvalue weighted by molar-refractivity contribution is -0.0495. The van der Waals surface area contributed by atoms with Crippen molar-refractivity contribution in [3.8, 4) is 22.8 Å². The normalized spacial score (nSPS) is 10.7. The van der Waals surface area contributed by atoms with Crippen LogP contribution in [0.25, 0.3) is 11.3 Å². The number of methoxy groups -OCH3 is 1. The van der Waals surface area contributed by atoms with E-state index >= 15 is 0 Å². The molecular formula is C18H14F3N3O3. The predicted octanol–water partition coefficient (Wildman–Crippen LogP) is 4.08. The first-order valence-electron chi connectivity index (χ1n) is 7.72. The minimum Gasteiger partial charge on any atom is -0.497 e. The van der Waals surface area contributed by atoms with Gasteiger partial charge in [-0.3, -0.25) is 9.89 Å². The van der Waals surface area contributed by atoms with E-state index in [9.17, 15) is 18.0 Å². The van der Waals surface area contributed by atoms with Crippen LogP contribution in [0.1, 0.15) is 10.5 Å². The van der Waals surface area contributed by atoms with Gasteiger partial charge in [0, 0.05) is 11.6 Å². The van der Waals surface area contributed by atoms with E-state index in [4.69, 9.17) is 4.74 Å². The van der Waals surface area contributed by atoms with E-state index in [1.54, 1.807) is 24.3 Å². The highest BCUT2D eigenvalue weighted by Gasteiger charge is 2.16. The summed E-state index contributed by atoms with van der Waals surface area (Å²) in [5, 5.41) is 9.01. The van der Waals surface area contributed by atoms with Crippen LogP contribution in [0.3, 0.4) is 0 Å². The largest absolute Gasteiger partial charge is 0.497 e. The average molecular weight is 377 g/mol. The maximum absolute atomic E-state index is 13.2. The standard InChI is InChI=1S/C18H14F3N3O3/c1-26-12-4-2-3-10(7-12)14-9-15(24-23-14)17(25)22-13-6-5-11(19)8-16(13)27-18(20)21/h2-9,18H,1H3,(H,22,25)(H,23,24). The molecule has 0 aliphatic carbocycles. The maximum Gasteiger partial charge on any atom is 0.387 e. The van der Waals surface area contributed by atoms with Crippen LogP contribution < -0.4 is 14.8 Å². The van der Waals surface area contributed by atoms with Gasteiger partial charge in [0.05, 0.1) is 18.5 Å². The molecule has 2 N–H and O–H groups in total. The SMILES string of the molecule is COc1cccc(-c2cc(C(=O)Nc3ccc(F)cc3OC(F)F)[nH]n2)c1. The van der Waals surface area contributed by atoms with Gasteiger partial charge in [-0.25, -0.2) is 4.39 Å². The molecule has 1 heterocycles. The number of aromatic nitrogens is 2. The number of hydrogen-bond donors (Lipinski definition) is 2. The van der Waals surface area contributed by atoms with Crippen LogP contribution in [0.4, 0.5) is 18.9 Å². The summed E-state index contributed by atoms with van der Waals surface area (Å²) in [4.78, 5) is 12.4. The Bertz CT molecular complexity index is 960. The molecule has 0 bridgehead atoms. The summed E-state index contributed by atoms with van der Waals surface area (Å²) >= 11 is 0. The third kappa shape index (κ3) is 4.38. The number of anilines is 1. The number of alkyl halides is 2. The zero-order valence-electron chi connectivity index (χ0n) is 14.0. The van der Waals surface area contributed by atoms with Crippen LogP contribution in [0, 0.1) is 5.82 Å². The molecule has 0 radical (unpaired) electrons. The number of amides is 1. The lowest BCUT2D eigenvalue weighted by atomic mass is 10.1. The molecule has 6 nitrogen and oxygen atoms in total. The molecular weight excluding hydrogens is 363 g/mol. The number of carbonyl (C=O) groups excluding carboxylic acids is 1. The van der Waals surface area contributed by atoms with Gasteiger partial charge in [0.15, 0.2) is 5.75 Å². The molecule has 0 saturated carbocycles. The number of ether oxygens (including phenoxy) is 2. The number of carbonyl (C=O) groups is 1. The number of aromatic amines is 1. The first kappa shape index (κ1) is 18.3. The molecule has 0 atom stereocenters. The number of halogens is 3.